The van der Waals surface area contributed by atoms with Crippen LogP contribution in [0.5, 0.6) is 5.75 Å². The molecule has 0 aromatic heterocycles. The molecule has 0 aliphatic carbocycles. The monoisotopic (exact) mass is 302 g/mol. The van der Waals surface area contributed by atoms with E-state index in [4.69, 9.17) is 4.74 Å². The van der Waals surface area contributed by atoms with Crippen LogP contribution in [0.1, 0.15) is 21.5 Å². The van der Waals surface area contributed by atoms with Crippen LogP contribution in [-0.2, 0) is 0 Å². The van der Waals surface area contributed by atoms with E-state index in [1.165, 1.54) is 0 Å². The van der Waals surface area contributed by atoms with Crippen LogP contribution in [0.25, 0.3) is 11.1 Å². The van der Waals surface area contributed by atoms with Crippen LogP contribution < -0.4 is 4.74 Å². The first-order valence-electron chi connectivity index (χ1n) is 7.54. The molecule has 0 unspecified atom stereocenters. The molecule has 0 saturated carbocycles. The van der Waals surface area contributed by atoms with Gasteiger partial charge in [-0.3, -0.25) is 4.79 Å². The van der Waals surface area contributed by atoms with E-state index in [0.717, 1.165) is 22.4 Å². The molecule has 0 radical (unpaired) electrons. The van der Waals surface area contributed by atoms with Gasteiger partial charge in [-0.15, -0.1) is 0 Å². The number of benzene rings is 3. The molecule has 0 amide bonds. The molecule has 23 heavy (non-hydrogen) atoms. The minimum absolute atomic E-state index is 0.0404. The van der Waals surface area contributed by atoms with Crippen molar-refractivity contribution >= 4 is 5.78 Å². The van der Waals surface area contributed by atoms with Crippen LogP contribution in [0, 0.1) is 6.92 Å². The number of hydrogen-bond donors (Lipinski definition) is 0. The maximum Gasteiger partial charge on any atom is 0.193 e. The third-order valence-corrected chi connectivity index (χ3v) is 3.92. The summed E-state index contributed by atoms with van der Waals surface area (Å²) in [6.07, 6.45) is 0. The third-order valence-electron chi connectivity index (χ3n) is 3.92. The number of methoxy groups -OCH3 is 1. The van der Waals surface area contributed by atoms with Crippen LogP contribution in [-0.4, -0.2) is 12.9 Å². The van der Waals surface area contributed by atoms with E-state index < -0.39 is 0 Å². The van der Waals surface area contributed by atoms with E-state index in [1.54, 1.807) is 7.11 Å². The molecule has 0 atom stereocenters. The van der Waals surface area contributed by atoms with Crippen LogP contribution in [0.15, 0.2) is 72.8 Å². The number of hydrogen-bond acceptors (Lipinski definition) is 2. The van der Waals surface area contributed by atoms with Crippen molar-refractivity contribution in [2.24, 2.45) is 0 Å². The van der Waals surface area contributed by atoms with E-state index in [1.807, 2.05) is 73.7 Å². The van der Waals surface area contributed by atoms with Crippen LogP contribution in [0.3, 0.4) is 0 Å². The van der Waals surface area contributed by atoms with Crippen molar-refractivity contribution < 1.29 is 9.53 Å². The first-order valence-corrected chi connectivity index (χ1v) is 7.54. The number of aryl methyl sites for hydroxylation is 1. The summed E-state index contributed by atoms with van der Waals surface area (Å²) in [5.41, 5.74) is 4.64. The van der Waals surface area contributed by atoms with E-state index in [2.05, 4.69) is 6.07 Å². The van der Waals surface area contributed by atoms with Gasteiger partial charge in [0.05, 0.1) is 7.11 Å². The van der Waals surface area contributed by atoms with Gasteiger partial charge >= 0.3 is 0 Å². The smallest absolute Gasteiger partial charge is 0.193 e. The fourth-order valence-electron chi connectivity index (χ4n) is 2.57. The van der Waals surface area contributed by atoms with E-state index in [9.17, 15) is 4.79 Å². The van der Waals surface area contributed by atoms with Crippen LogP contribution in [0.2, 0.25) is 0 Å². The van der Waals surface area contributed by atoms with Gasteiger partial charge in [0.25, 0.3) is 0 Å². The molecular weight excluding hydrogens is 284 g/mol. The molecule has 2 nitrogen and oxygen atoms in total. The van der Waals surface area contributed by atoms with Gasteiger partial charge in [0.1, 0.15) is 5.75 Å². The Morgan fingerprint density at radius 1 is 0.783 bits per heavy atom. The van der Waals surface area contributed by atoms with Crippen LogP contribution >= 0.6 is 0 Å². The molecule has 0 aliphatic heterocycles. The molecule has 114 valence electrons. The largest absolute Gasteiger partial charge is 0.496 e. The molecule has 0 N–H and O–H groups in total. The van der Waals surface area contributed by atoms with E-state index in [-0.39, 0.29) is 5.78 Å². The second-order valence-corrected chi connectivity index (χ2v) is 5.46. The zero-order chi connectivity index (χ0) is 16.2. The second kappa shape index (κ2) is 6.49. The van der Waals surface area contributed by atoms with Gasteiger partial charge in [0.2, 0.25) is 0 Å². The SMILES string of the molecule is COc1cc(-c2ccc(C(=O)c3ccccc3)cc2)ccc1C. The Kier molecular flexibility index (Phi) is 4.24. The summed E-state index contributed by atoms with van der Waals surface area (Å²) in [4.78, 5) is 12.4. The van der Waals surface area contributed by atoms with Crippen molar-refractivity contribution in [3.8, 4) is 16.9 Å². The van der Waals surface area contributed by atoms with E-state index >= 15 is 0 Å². The number of carbonyl (C=O) groups is 1. The first kappa shape index (κ1) is 15.0. The number of ether oxygens (including phenoxy) is 1. The molecule has 3 aromatic carbocycles. The van der Waals surface area contributed by atoms with Crippen molar-refractivity contribution in [1.82, 2.24) is 0 Å². The molecule has 0 aliphatic rings. The number of ketones is 1. The van der Waals surface area contributed by atoms with Crippen molar-refractivity contribution in [3.05, 3.63) is 89.5 Å². The highest BCUT2D eigenvalue weighted by Gasteiger charge is 2.09. The molecule has 2 heteroatoms. The standard InChI is InChI=1S/C21H18O2/c1-15-8-9-19(14-20(15)23-2)16-10-12-18(13-11-16)21(22)17-6-4-3-5-7-17/h3-14H,1-2H3. The summed E-state index contributed by atoms with van der Waals surface area (Å²) in [5, 5.41) is 0. The Morgan fingerprint density at radius 3 is 2.04 bits per heavy atom. The van der Waals surface area contributed by atoms with Gasteiger partial charge in [0, 0.05) is 11.1 Å². The highest BCUT2D eigenvalue weighted by atomic mass is 16.5. The summed E-state index contributed by atoms with van der Waals surface area (Å²) < 4.78 is 5.37. The van der Waals surface area contributed by atoms with Crippen molar-refractivity contribution in [2.45, 2.75) is 6.92 Å². The Hall–Kier alpha value is -2.87. The zero-order valence-electron chi connectivity index (χ0n) is 13.2. The summed E-state index contributed by atoms with van der Waals surface area (Å²) in [6.45, 7) is 2.02. The summed E-state index contributed by atoms with van der Waals surface area (Å²) >= 11 is 0. The second-order valence-electron chi connectivity index (χ2n) is 5.46. The van der Waals surface area contributed by atoms with Gasteiger partial charge < -0.3 is 4.74 Å². The maximum absolute atomic E-state index is 12.4. The average Bonchev–Trinajstić information content (AvgIpc) is 2.62. The van der Waals surface area contributed by atoms with Crippen molar-refractivity contribution in [1.29, 1.82) is 0 Å². The molecule has 0 heterocycles. The fraction of sp³-hybridized carbons (Fsp3) is 0.0952. The van der Waals surface area contributed by atoms with Gasteiger partial charge in [0.15, 0.2) is 5.78 Å². The minimum Gasteiger partial charge on any atom is -0.496 e. The van der Waals surface area contributed by atoms with Crippen molar-refractivity contribution in [2.75, 3.05) is 7.11 Å². The molecular formula is C21H18O2. The Labute approximate surface area is 136 Å². The van der Waals surface area contributed by atoms with Gasteiger partial charge in [-0.05, 0) is 29.7 Å². The number of carbonyl (C=O) groups excluding carboxylic acids is 1. The molecule has 0 bridgehead atoms. The quantitative estimate of drug-likeness (QED) is 0.641. The third kappa shape index (κ3) is 3.16. The zero-order valence-corrected chi connectivity index (χ0v) is 13.2. The minimum atomic E-state index is 0.0404. The van der Waals surface area contributed by atoms with Crippen molar-refractivity contribution in [3.63, 3.8) is 0 Å². The summed E-state index contributed by atoms with van der Waals surface area (Å²) in [7, 11) is 1.67. The summed E-state index contributed by atoms with van der Waals surface area (Å²) in [5.74, 6) is 0.908. The Balaban J connectivity index is 1.89. The fourth-order valence-corrected chi connectivity index (χ4v) is 2.57. The Morgan fingerprint density at radius 2 is 1.39 bits per heavy atom. The van der Waals surface area contributed by atoms with Gasteiger partial charge in [-0.25, -0.2) is 0 Å². The number of rotatable bonds is 4. The average molecular weight is 302 g/mol. The van der Waals surface area contributed by atoms with E-state index in [0.29, 0.717) is 11.1 Å². The van der Waals surface area contributed by atoms with Gasteiger partial charge in [-0.2, -0.15) is 0 Å². The van der Waals surface area contributed by atoms with Gasteiger partial charge in [-0.1, -0.05) is 66.7 Å². The van der Waals surface area contributed by atoms with Crippen LogP contribution in [0.4, 0.5) is 0 Å². The highest BCUT2D eigenvalue weighted by Crippen LogP contribution is 2.27. The normalized spacial score (nSPS) is 10.3. The Bertz CT molecular complexity index is 818. The highest BCUT2D eigenvalue weighted by molar-refractivity contribution is 6.09. The maximum atomic E-state index is 12.4. The lowest BCUT2D eigenvalue weighted by Gasteiger charge is -2.08. The molecule has 0 spiro atoms. The predicted molar refractivity (Wildman–Crippen MR) is 93.0 cm³/mol. The lowest BCUT2D eigenvalue weighted by molar-refractivity contribution is 0.103. The molecule has 3 aromatic rings. The molecule has 0 saturated heterocycles. The topological polar surface area (TPSA) is 26.3 Å². The molecule has 0 fully saturated rings. The molecule has 3 rings (SSSR count). The lowest BCUT2D eigenvalue weighted by Crippen LogP contribution is -2.00. The lowest BCUT2D eigenvalue weighted by atomic mass is 9.98. The predicted octanol–water partition coefficient (Wildman–Crippen LogP) is 4.90. The summed E-state index contributed by atoms with van der Waals surface area (Å²) in [6, 6.07) is 23.1. The first-order chi connectivity index (χ1) is 11.2.